The summed E-state index contributed by atoms with van der Waals surface area (Å²) in [6.45, 7) is 12.3. The summed E-state index contributed by atoms with van der Waals surface area (Å²) in [5, 5.41) is 0.593. The van der Waals surface area contributed by atoms with Crippen molar-refractivity contribution in [1.29, 1.82) is 0 Å². The molecule has 0 rings (SSSR count). The molecule has 0 radical (unpaired) electrons. The molecule has 0 spiro atoms. The Bertz CT molecular complexity index is 126. The highest BCUT2D eigenvalue weighted by Crippen LogP contribution is 2.14. The van der Waals surface area contributed by atoms with Gasteiger partial charge in [0.15, 0.2) is 0 Å². The van der Waals surface area contributed by atoms with E-state index in [0.29, 0.717) is 11.3 Å². The Kier molecular flexibility index (Phi) is 8.73. The van der Waals surface area contributed by atoms with Crippen LogP contribution >= 0.6 is 11.8 Å². The minimum Gasteiger partial charge on any atom is -0.327 e. The fraction of sp³-hybridized carbons (Fsp3) is 1.00. The van der Waals surface area contributed by atoms with Gasteiger partial charge in [-0.15, -0.1) is 0 Å². The van der Waals surface area contributed by atoms with Crippen molar-refractivity contribution >= 4 is 11.8 Å². The molecule has 3 heteroatoms. The molecule has 86 valence electrons. The smallest absolute Gasteiger partial charge is 0.0171 e. The third-order valence-corrected chi connectivity index (χ3v) is 4.05. The van der Waals surface area contributed by atoms with Gasteiger partial charge in [0.1, 0.15) is 0 Å². The normalized spacial score (nSPS) is 15.9. The zero-order valence-corrected chi connectivity index (χ0v) is 10.9. The quantitative estimate of drug-likeness (QED) is 0.677. The number of rotatable bonds is 8. The number of nitrogens with two attached hydrogens (primary N) is 1. The molecule has 0 bridgehead atoms. The summed E-state index contributed by atoms with van der Waals surface area (Å²) in [5.41, 5.74) is 5.96. The van der Waals surface area contributed by atoms with Crippen LogP contribution in [-0.4, -0.2) is 41.6 Å². The first-order valence-electron chi connectivity index (χ1n) is 5.75. The molecule has 0 heterocycles. The monoisotopic (exact) mass is 218 g/mol. The van der Waals surface area contributed by atoms with Gasteiger partial charge >= 0.3 is 0 Å². The molecule has 0 aromatic heterocycles. The van der Waals surface area contributed by atoms with Crippen molar-refractivity contribution < 1.29 is 0 Å². The Morgan fingerprint density at radius 1 is 1.21 bits per heavy atom. The Morgan fingerprint density at radius 2 is 1.79 bits per heavy atom. The Balaban J connectivity index is 3.52. The van der Waals surface area contributed by atoms with E-state index in [-0.39, 0.29) is 0 Å². The molecule has 2 atom stereocenters. The highest BCUT2D eigenvalue weighted by Gasteiger charge is 2.10. The second-order valence-corrected chi connectivity index (χ2v) is 5.16. The molecule has 2 N–H and O–H groups in total. The average Bonchev–Trinajstić information content (AvgIpc) is 2.22. The third kappa shape index (κ3) is 5.89. The molecule has 0 aliphatic heterocycles. The van der Waals surface area contributed by atoms with Crippen molar-refractivity contribution in [3.8, 4) is 0 Å². The molecule has 0 aliphatic rings. The zero-order valence-electron chi connectivity index (χ0n) is 10.1. The van der Waals surface area contributed by atoms with Crippen LogP contribution in [0.3, 0.4) is 0 Å². The molecule has 0 amide bonds. The number of hydrogen-bond donors (Lipinski definition) is 1. The molecule has 0 saturated heterocycles. The Morgan fingerprint density at radius 3 is 2.21 bits per heavy atom. The van der Waals surface area contributed by atoms with Crippen molar-refractivity contribution in [2.45, 2.75) is 45.4 Å². The van der Waals surface area contributed by atoms with Crippen molar-refractivity contribution in [1.82, 2.24) is 4.90 Å². The fourth-order valence-corrected chi connectivity index (χ4v) is 2.54. The molecule has 0 aromatic carbocycles. The topological polar surface area (TPSA) is 29.3 Å². The first-order chi connectivity index (χ1) is 6.65. The third-order valence-electron chi connectivity index (χ3n) is 2.76. The zero-order chi connectivity index (χ0) is 11.0. The minimum atomic E-state index is 0.358. The molecular weight excluding hydrogens is 192 g/mol. The summed E-state index contributed by atoms with van der Waals surface area (Å²) >= 11 is 2.00. The fourth-order valence-electron chi connectivity index (χ4n) is 1.36. The van der Waals surface area contributed by atoms with E-state index >= 15 is 0 Å². The lowest BCUT2D eigenvalue weighted by Crippen LogP contribution is -2.31. The van der Waals surface area contributed by atoms with Crippen LogP contribution in [0.15, 0.2) is 0 Å². The molecule has 0 aliphatic carbocycles. The van der Waals surface area contributed by atoms with Crippen LogP contribution in [-0.2, 0) is 0 Å². The van der Waals surface area contributed by atoms with E-state index in [2.05, 4.69) is 32.6 Å². The molecular formula is C11H26N2S. The summed E-state index contributed by atoms with van der Waals surface area (Å²) in [7, 11) is 0. The van der Waals surface area contributed by atoms with Crippen molar-refractivity contribution in [3.63, 3.8) is 0 Å². The van der Waals surface area contributed by atoms with Gasteiger partial charge in [-0.05, 0) is 19.5 Å². The lowest BCUT2D eigenvalue weighted by atomic mass is 10.2. The maximum Gasteiger partial charge on any atom is 0.0171 e. The molecule has 0 saturated carbocycles. The Labute approximate surface area is 93.6 Å². The van der Waals surface area contributed by atoms with Gasteiger partial charge in [-0.3, -0.25) is 0 Å². The largest absolute Gasteiger partial charge is 0.327 e. The molecule has 2 nitrogen and oxygen atoms in total. The van der Waals surface area contributed by atoms with Gasteiger partial charge in [-0.2, -0.15) is 11.8 Å². The number of hydrogen-bond acceptors (Lipinski definition) is 3. The highest BCUT2D eigenvalue weighted by atomic mass is 32.2. The highest BCUT2D eigenvalue weighted by molar-refractivity contribution is 7.99. The second-order valence-electron chi connectivity index (χ2n) is 3.67. The van der Waals surface area contributed by atoms with E-state index in [0.717, 1.165) is 19.5 Å². The molecule has 14 heavy (non-hydrogen) atoms. The summed E-state index contributed by atoms with van der Waals surface area (Å²) in [6, 6.07) is 0.358. The maximum atomic E-state index is 5.96. The van der Waals surface area contributed by atoms with Gasteiger partial charge in [0.2, 0.25) is 0 Å². The predicted octanol–water partition coefficient (Wildman–Crippen LogP) is 2.19. The van der Waals surface area contributed by atoms with E-state index in [1.54, 1.807) is 0 Å². The summed E-state index contributed by atoms with van der Waals surface area (Å²) in [4.78, 5) is 2.46. The number of thioether (sulfide) groups is 1. The summed E-state index contributed by atoms with van der Waals surface area (Å²) < 4.78 is 0. The van der Waals surface area contributed by atoms with Crippen molar-refractivity contribution in [2.75, 3.05) is 25.4 Å². The standard InChI is InChI=1S/C11H26N2S/c1-5-11(12)10(4)14-9-8-13(6-2)7-3/h10-11H,5-9,12H2,1-4H3. The molecule has 2 unspecified atom stereocenters. The van der Waals surface area contributed by atoms with Crippen LogP contribution in [0.5, 0.6) is 0 Å². The minimum absolute atomic E-state index is 0.358. The van der Waals surface area contributed by atoms with Gasteiger partial charge in [0.25, 0.3) is 0 Å². The van der Waals surface area contributed by atoms with Crippen LogP contribution in [0.2, 0.25) is 0 Å². The van der Waals surface area contributed by atoms with Gasteiger partial charge in [0, 0.05) is 23.6 Å². The van der Waals surface area contributed by atoms with Crippen LogP contribution in [0.1, 0.15) is 34.1 Å². The van der Waals surface area contributed by atoms with E-state index in [9.17, 15) is 0 Å². The molecule has 0 fully saturated rings. The van der Waals surface area contributed by atoms with Crippen LogP contribution in [0, 0.1) is 0 Å². The van der Waals surface area contributed by atoms with E-state index < -0.39 is 0 Å². The summed E-state index contributed by atoms with van der Waals surface area (Å²) in [5.74, 6) is 1.20. The van der Waals surface area contributed by atoms with Gasteiger partial charge in [-0.25, -0.2) is 0 Å². The maximum absolute atomic E-state index is 5.96. The predicted molar refractivity (Wildman–Crippen MR) is 68.0 cm³/mol. The van der Waals surface area contributed by atoms with Crippen molar-refractivity contribution in [2.24, 2.45) is 5.73 Å². The first-order valence-corrected chi connectivity index (χ1v) is 6.80. The van der Waals surface area contributed by atoms with Gasteiger partial charge in [-0.1, -0.05) is 27.7 Å². The first kappa shape index (κ1) is 14.3. The summed E-state index contributed by atoms with van der Waals surface area (Å²) in [6.07, 6.45) is 1.08. The lowest BCUT2D eigenvalue weighted by molar-refractivity contribution is 0.323. The average molecular weight is 218 g/mol. The van der Waals surface area contributed by atoms with Crippen molar-refractivity contribution in [3.05, 3.63) is 0 Å². The molecule has 0 aromatic rings. The SMILES string of the molecule is CCC(N)C(C)SCCN(CC)CC. The van der Waals surface area contributed by atoms with Crippen LogP contribution in [0.25, 0.3) is 0 Å². The van der Waals surface area contributed by atoms with Gasteiger partial charge in [0.05, 0.1) is 0 Å². The number of nitrogens with zero attached hydrogens (tertiary/aromatic N) is 1. The lowest BCUT2D eigenvalue weighted by Gasteiger charge is -2.21. The van der Waals surface area contributed by atoms with E-state index in [1.165, 1.54) is 12.3 Å². The Hall–Kier alpha value is 0.270. The van der Waals surface area contributed by atoms with E-state index in [1.807, 2.05) is 11.8 Å². The van der Waals surface area contributed by atoms with Crippen LogP contribution in [0.4, 0.5) is 0 Å². The van der Waals surface area contributed by atoms with E-state index in [4.69, 9.17) is 5.73 Å². The second kappa shape index (κ2) is 8.57. The van der Waals surface area contributed by atoms with Gasteiger partial charge < -0.3 is 10.6 Å². The van der Waals surface area contributed by atoms with Crippen LogP contribution < -0.4 is 5.73 Å².